The maximum Gasteiger partial charge on any atom is 0.165 e. The maximum atomic E-state index is 14.6. The molecule has 3 rings (SSSR count). The highest BCUT2D eigenvalue weighted by Crippen LogP contribution is 2.36. The first-order chi connectivity index (χ1) is 11.6. The van der Waals surface area contributed by atoms with E-state index >= 15 is 0 Å². The van der Waals surface area contributed by atoms with Gasteiger partial charge in [-0.1, -0.05) is 12.1 Å². The van der Waals surface area contributed by atoms with Crippen molar-refractivity contribution < 1.29 is 17.9 Å². The summed E-state index contributed by atoms with van der Waals surface area (Å²) in [6.07, 6.45) is -2.58. The SMILES string of the molecule is CNC[C@H](F)[C@@H](Oc1c(F)ccc2sccc12)c1cccc(F)c1. The predicted octanol–water partition coefficient (Wildman–Crippen LogP) is 4.86. The van der Waals surface area contributed by atoms with Gasteiger partial charge in [0.25, 0.3) is 0 Å². The summed E-state index contributed by atoms with van der Waals surface area (Å²) in [7, 11) is 1.61. The molecule has 0 spiro atoms. The van der Waals surface area contributed by atoms with Crippen molar-refractivity contribution in [1.82, 2.24) is 5.32 Å². The highest BCUT2D eigenvalue weighted by molar-refractivity contribution is 7.17. The third-order valence-corrected chi connectivity index (χ3v) is 4.57. The van der Waals surface area contributed by atoms with Crippen LogP contribution in [0, 0.1) is 11.6 Å². The van der Waals surface area contributed by atoms with E-state index < -0.39 is 23.9 Å². The van der Waals surface area contributed by atoms with E-state index in [1.165, 1.54) is 35.6 Å². The molecule has 0 saturated carbocycles. The summed E-state index contributed by atoms with van der Waals surface area (Å²) >= 11 is 1.44. The molecule has 2 aromatic carbocycles. The van der Waals surface area contributed by atoms with Crippen molar-refractivity contribution in [2.45, 2.75) is 12.3 Å². The average Bonchev–Trinajstić information content (AvgIpc) is 3.03. The molecule has 0 aliphatic rings. The smallest absolute Gasteiger partial charge is 0.165 e. The summed E-state index contributed by atoms with van der Waals surface area (Å²) in [5, 5.41) is 5.12. The number of thiophene rings is 1. The van der Waals surface area contributed by atoms with Crippen LogP contribution in [0.1, 0.15) is 11.7 Å². The van der Waals surface area contributed by atoms with E-state index in [-0.39, 0.29) is 12.3 Å². The van der Waals surface area contributed by atoms with Crippen molar-refractivity contribution in [3.05, 3.63) is 65.0 Å². The van der Waals surface area contributed by atoms with Gasteiger partial charge in [0.2, 0.25) is 0 Å². The van der Waals surface area contributed by atoms with E-state index in [1.807, 2.05) is 5.38 Å². The Labute approximate surface area is 141 Å². The molecule has 2 atom stereocenters. The van der Waals surface area contributed by atoms with Crippen LogP contribution in [0.5, 0.6) is 5.75 Å². The normalized spacial score (nSPS) is 13.8. The molecule has 0 unspecified atom stereocenters. The van der Waals surface area contributed by atoms with Crippen LogP contribution in [0.2, 0.25) is 0 Å². The Morgan fingerprint density at radius 1 is 1.17 bits per heavy atom. The second-order valence-electron chi connectivity index (χ2n) is 5.38. The van der Waals surface area contributed by atoms with Crippen molar-refractivity contribution >= 4 is 21.4 Å². The molecule has 3 aromatic rings. The van der Waals surface area contributed by atoms with E-state index in [0.717, 1.165) is 4.70 Å². The van der Waals surface area contributed by atoms with Gasteiger partial charge in [0.05, 0.1) is 0 Å². The van der Waals surface area contributed by atoms with Crippen molar-refractivity contribution in [3.63, 3.8) is 0 Å². The molecule has 0 saturated heterocycles. The van der Waals surface area contributed by atoms with Gasteiger partial charge in [-0.2, -0.15) is 0 Å². The van der Waals surface area contributed by atoms with Crippen molar-refractivity contribution in [2.24, 2.45) is 0 Å². The number of alkyl halides is 1. The zero-order chi connectivity index (χ0) is 17.1. The summed E-state index contributed by atoms with van der Waals surface area (Å²) in [4.78, 5) is 0. The van der Waals surface area contributed by atoms with Gasteiger partial charge in [0.15, 0.2) is 23.8 Å². The Hall–Kier alpha value is -2.05. The van der Waals surface area contributed by atoms with Gasteiger partial charge < -0.3 is 10.1 Å². The van der Waals surface area contributed by atoms with E-state index in [0.29, 0.717) is 10.9 Å². The first-order valence-corrected chi connectivity index (χ1v) is 8.34. The van der Waals surface area contributed by atoms with E-state index in [4.69, 9.17) is 4.74 Å². The fourth-order valence-electron chi connectivity index (χ4n) is 2.57. The molecule has 24 heavy (non-hydrogen) atoms. The summed E-state index contributed by atoms with van der Waals surface area (Å²) in [5.41, 5.74) is 0.324. The van der Waals surface area contributed by atoms with E-state index in [2.05, 4.69) is 5.32 Å². The summed E-state index contributed by atoms with van der Waals surface area (Å²) in [5.74, 6) is -1.08. The summed E-state index contributed by atoms with van der Waals surface area (Å²) in [6.45, 7) is 0.00239. The van der Waals surface area contributed by atoms with E-state index in [1.54, 1.807) is 25.2 Å². The quantitative estimate of drug-likeness (QED) is 0.685. The first kappa shape index (κ1) is 16.8. The zero-order valence-corrected chi connectivity index (χ0v) is 13.7. The minimum Gasteiger partial charge on any atom is -0.479 e. The molecule has 1 heterocycles. The summed E-state index contributed by atoms with van der Waals surface area (Å²) < 4.78 is 49.0. The van der Waals surface area contributed by atoms with Crippen LogP contribution >= 0.6 is 11.3 Å². The standard InChI is InChI=1S/C18H16F3NOS/c1-22-10-15(21)17(11-3-2-4-12(19)9-11)23-18-13-7-8-24-16(13)6-5-14(18)20/h2-9,15,17,22H,10H2,1H3/t15-,17-/m0/s1. The lowest BCUT2D eigenvalue weighted by atomic mass is 10.0. The number of benzene rings is 2. The van der Waals surface area contributed by atoms with E-state index in [9.17, 15) is 13.2 Å². The molecule has 0 amide bonds. The number of hydrogen-bond donors (Lipinski definition) is 1. The van der Waals surface area contributed by atoms with Crippen LogP contribution in [0.4, 0.5) is 13.2 Å². The molecule has 0 bridgehead atoms. The molecule has 6 heteroatoms. The fourth-order valence-corrected chi connectivity index (χ4v) is 3.36. The van der Waals surface area contributed by atoms with Gasteiger partial charge in [-0.3, -0.25) is 0 Å². The average molecular weight is 351 g/mol. The molecule has 126 valence electrons. The number of halogens is 3. The Morgan fingerprint density at radius 2 is 2.00 bits per heavy atom. The van der Waals surface area contributed by atoms with Crippen LogP contribution in [-0.2, 0) is 0 Å². The van der Waals surface area contributed by atoms with Crippen LogP contribution < -0.4 is 10.1 Å². The lowest BCUT2D eigenvalue weighted by Gasteiger charge is -2.24. The summed E-state index contributed by atoms with van der Waals surface area (Å²) in [6, 6.07) is 10.2. The number of fused-ring (bicyclic) bond motifs is 1. The Balaban J connectivity index is 2.02. The fraction of sp³-hybridized carbons (Fsp3) is 0.222. The lowest BCUT2D eigenvalue weighted by molar-refractivity contribution is 0.0974. The minimum atomic E-state index is -1.47. The van der Waals surface area contributed by atoms with Gasteiger partial charge in [0, 0.05) is 16.6 Å². The van der Waals surface area contributed by atoms with Crippen molar-refractivity contribution in [1.29, 1.82) is 0 Å². The number of rotatable bonds is 6. The molecule has 2 nitrogen and oxygen atoms in total. The minimum absolute atomic E-state index is 0.00239. The monoisotopic (exact) mass is 351 g/mol. The third kappa shape index (κ3) is 3.39. The Bertz CT molecular complexity index is 836. The molecule has 1 aromatic heterocycles. The molecule has 1 N–H and O–H groups in total. The molecule has 0 fully saturated rings. The van der Waals surface area contributed by atoms with Crippen molar-refractivity contribution in [2.75, 3.05) is 13.6 Å². The van der Waals surface area contributed by atoms with Crippen LogP contribution in [0.25, 0.3) is 10.1 Å². The second kappa shape index (κ2) is 7.23. The molecular formula is C18H16F3NOS. The number of nitrogens with one attached hydrogen (secondary N) is 1. The Morgan fingerprint density at radius 3 is 2.75 bits per heavy atom. The van der Waals surface area contributed by atoms with Gasteiger partial charge >= 0.3 is 0 Å². The maximum absolute atomic E-state index is 14.6. The zero-order valence-electron chi connectivity index (χ0n) is 12.9. The highest BCUT2D eigenvalue weighted by Gasteiger charge is 2.27. The van der Waals surface area contributed by atoms with Crippen LogP contribution in [0.3, 0.4) is 0 Å². The van der Waals surface area contributed by atoms with Gasteiger partial charge in [-0.25, -0.2) is 13.2 Å². The third-order valence-electron chi connectivity index (χ3n) is 3.69. The largest absolute Gasteiger partial charge is 0.479 e. The molecule has 0 aliphatic carbocycles. The number of hydrogen-bond acceptors (Lipinski definition) is 3. The van der Waals surface area contributed by atoms with Crippen molar-refractivity contribution in [3.8, 4) is 5.75 Å². The molecule has 0 aliphatic heterocycles. The van der Waals surface area contributed by atoms with Gasteiger partial charge in [-0.05, 0) is 48.3 Å². The highest BCUT2D eigenvalue weighted by atomic mass is 32.1. The number of ether oxygens (including phenoxy) is 1. The molecule has 0 radical (unpaired) electrons. The second-order valence-corrected chi connectivity index (χ2v) is 6.32. The molecular weight excluding hydrogens is 335 g/mol. The van der Waals surface area contributed by atoms with Crippen LogP contribution in [0.15, 0.2) is 47.8 Å². The first-order valence-electron chi connectivity index (χ1n) is 7.46. The lowest BCUT2D eigenvalue weighted by Crippen LogP contribution is -2.29. The topological polar surface area (TPSA) is 21.3 Å². The Kier molecular flexibility index (Phi) is 5.06. The van der Waals surface area contributed by atoms with Crippen LogP contribution in [-0.4, -0.2) is 19.8 Å². The van der Waals surface area contributed by atoms with Gasteiger partial charge in [0.1, 0.15) is 5.82 Å². The van der Waals surface area contributed by atoms with Gasteiger partial charge in [-0.15, -0.1) is 11.3 Å². The predicted molar refractivity (Wildman–Crippen MR) is 90.4 cm³/mol.